The van der Waals surface area contributed by atoms with Crippen molar-refractivity contribution in [2.24, 2.45) is 17.8 Å². The second-order valence-corrected chi connectivity index (χ2v) is 20.4. The van der Waals surface area contributed by atoms with Crippen LogP contribution in [0.2, 0.25) is 0 Å². The summed E-state index contributed by atoms with van der Waals surface area (Å²) < 4.78 is 0. The minimum absolute atomic E-state index is 0.00526. The van der Waals surface area contributed by atoms with Gasteiger partial charge >= 0.3 is 0 Å². The molecule has 2 unspecified atom stereocenters. The standard InChI is InChI=1S/C31H46O2.C21H24O2.C11H8O2/c1-22(2)12-9-13-23(3)14-10-15-24(4)16-11-17-25(5)20-21-27-26(6)30(32)28-18-7-8-19-29(28)31(27)33;1-14(2)8-7-9-15(3)12-13-17-16(4)20(22)18-10-5-6-11-19(18)21(17)23;1-7-6-10(12)8-4-2-3-5-9(8)11(7)13/h7-8,18-20,22-24H,9-17,21H2,1-6H3;5-6,8,10-12H,7,9,13H2,1-4H3;2-6H,1H3/b25-20+;15-12+;. The topological polar surface area (TPSA) is 102 Å². The Morgan fingerprint density at radius 2 is 0.826 bits per heavy atom. The van der Waals surface area contributed by atoms with Crippen LogP contribution in [0.5, 0.6) is 0 Å². The Bertz CT molecular complexity index is 2560. The highest BCUT2D eigenvalue weighted by Crippen LogP contribution is 2.31. The van der Waals surface area contributed by atoms with Crippen LogP contribution in [0, 0.1) is 17.8 Å². The zero-order valence-corrected chi connectivity index (χ0v) is 43.6. The molecule has 0 aliphatic heterocycles. The van der Waals surface area contributed by atoms with Crippen LogP contribution in [0.15, 0.2) is 142 Å². The van der Waals surface area contributed by atoms with Gasteiger partial charge in [-0.2, -0.15) is 0 Å². The molecule has 0 heterocycles. The van der Waals surface area contributed by atoms with Crippen LogP contribution >= 0.6 is 0 Å². The molecule has 366 valence electrons. The molecule has 2 atom stereocenters. The first-order chi connectivity index (χ1) is 32.8. The molecule has 0 spiro atoms. The monoisotopic (exact) mass is 931 g/mol. The Hall–Kier alpha value is -5.88. The summed E-state index contributed by atoms with van der Waals surface area (Å²) in [6, 6.07) is 21.2. The molecular formula is C63H78O6. The first-order valence-corrected chi connectivity index (χ1v) is 25.4. The Morgan fingerprint density at radius 3 is 1.26 bits per heavy atom. The van der Waals surface area contributed by atoms with Gasteiger partial charge in [-0.3, -0.25) is 28.8 Å². The summed E-state index contributed by atoms with van der Waals surface area (Å²) in [4.78, 5) is 73.5. The summed E-state index contributed by atoms with van der Waals surface area (Å²) in [6.45, 7) is 23.1. The number of carbonyl (C=O) groups is 6. The van der Waals surface area contributed by atoms with Gasteiger partial charge < -0.3 is 0 Å². The SMILES string of the molecule is CC(C)=CCC/C(C)=C/CC1=C(C)C(=O)c2ccccc2C1=O.CC1=C(C/C=C(\C)CCCC(C)CCCC(C)CCCC(C)C)C(=O)c2ccccc2C1=O.CC1=CC(=O)c2ccccc2C1=O. The Balaban J connectivity index is 0.000000247. The molecule has 0 N–H and O–H groups in total. The quantitative estimate of drug-likeness (QED) is 0.111. The number of rotatable bonds is 19. The summed E-state index contributed by atoms with van der Waals surface area (Å²) in [5.74, 6) is 2.32. The normalized spacial score (nSPS) is 15.7. The fraction of sp³-hybridized carbons (Fsp3) is 0.429. The van der Waals surface area contributed by atoms with Gasteiger partial charge in [0.25, 0.3) is 0 Å². The zero-order chi connectivity index (χ0) is 50.8. The first kappa shape index (κ1) is 55.7. The predicted octanol–water partition coefficient (Wildman–Crippen LogP) is 16.6. The van der Waals surface area contributed by atoms with Gasteiger partial charge in [-0.1, -0.05) is 180 Å². The van der Waals surface area contributed by atoms with Crippen LogP contribution in [0.1, 0.15) is 222 Å². The third kappa shape index (κ3) is 16.4. The van der Waals surface area contributed by atoms with Gasteiger partial charge in [0.15, 0.2) is 34.7 Å². The second-order valence-electron chi connectivity index (χ2n) is 20.4. The van der Waals surface area contributed by atoms with Crippen molar-refractivity contribution in [1.29, 1.82) is 0 Å². The number of ketones is 6. The zero-order valence-electron chi connectivity index (χ0n) is 43.6. The summed E-state index contributed by atoms with van der Waals surface area (Å²) in [5, 5.41) is 0. The lowest BCUT2D eigenvalue weighted by molar-refractivity contribution is 0.0973. The van der Waals surface area contributed by atoms with Crippen LogP contribution in [-0.2, 0) is 0 Å². The molecule has 3 aromatic rings. The Morgan fingerprint density at radius 1 is 0.449 bits per heavy atom. The maximum atomic E-state index is 12.9. The lowest BCUT2D eigenvalue weighted by Crippen LogP contribution is -2.20. The van der Waals surface area contributed by atoms with Crippen molar-refractivity contribution in [3.8, 4) is 0 Å². The maximum Gasteiger partial charge on any atom is 0.190 e. The summed E-state index contributed by atoms with van der Waals surface area (Å²) >= 11 is 0. The van der Waals surface area contributed by atoms with E-state index in [4.69, 9.17) is 0 Å². The van der Waals surface area contributed by atoms with Crippen LogP contribution in [0.4, 0.5) is 0 Å². The van der Waals surface area contributed by atoms with E-state index < -0.39 is 0 Å². The fourth-order valence-corrected chi connectivity index (χ4v) is 9.09. The molecule has 3 aromatic carbocycles. The molecule has 3 aliphatic rings. The molecule has 0 amide bonds. The van der Waals surface area contributed by atoms with Gasteiger partial charge in [0.05, 0.1) is 0 Å². The molecule has 0 radical (unpaired) electrons. The average Bonchev–Trinajstić information content (AvgIpc) is 3.32. The number of allylic oxidation sites excluding steroid dienone is 12. The van der Waals surface area contributed by atoms with Crippen molar-refractivity contribution in [3.63, 3.8) is 0 Å². The predicted molar refractivity (Wildman–Crippen MR) is 285 cm³/mol. The number of Topliss-reactive ketones (excluding diaryl/α,β-unsaturated/α-hetero) is 5. The lowest BCUT2D eigenvalue weighted by atomic mass is 9.83. The average molecular weight is 931 g/mol. The molecule has 3 aliphatic carbocycles. The minimum Gasteiger partial charge on any atom is -0.289 e. The van der Waals surface area contributed by atoms with E-state index in [-0.39, 0.29) is 34.7 Å². The van der Waals surface area contributed by atoms with Gasteiger partial charge in [-0.15, -0.1) is 0 Å². The summed E-state index contributed by atoms with van der Waals surface area (Å²) in [6.07, 6.45) is 22.6. The number of hydrogen-bond donors (Lipinski definition) is 0. The first-order valence-electron chi connectivity index (χ1n) is 25.4. The highest BCUT2D eigenvalue weighted by atomic mass is 16.2. The van der Waals surface area contributed by atoms with E-state index in [9.17, 15) is 28.8 Å². The number of benzene rings is 3. The Kier molecular flexibility index (Phi) is 22.1. The van der Waals surface area contributed by atoms with Crippen molar-refractivity contribution in [1.82, 2.24) is 0 Å². The van der Waals surface area contributed by atoms with Gasteiger partial charge in [0.1, 0.15) is 0 Å². The van der Waals surface area contributed by atoms with Crippen molar-refractivity contribution >= 4 is 34.7 Å². The molecule has 0 aromatic heterocycles. The van der Waals surface area contributed by atoms with Crippen molar-refractivity contribution < 1.29 is 28.8 Å². The van der Waals surface area contributed by atoms with Gasteiger partial charge in [-0.05, 0) is 111 Å². The number of carbonyl (C=O) groups excluding carboxylic acids is 6. The minimum atomic E-state index is -0.0762. The van der Waals surface area contributed by atoms with E-state index in [1.807, 2.05) is 18.2 Å². The van der Waals surface area contributed by atoms with Crippen LogP contribution < -0.4 is 0 Å². The highest BCUT2D eigenvalue weighted by molar-refractivity contribution is 6.28. The summed E-state index contributed by atoms with van der Waals surface area (Å²) in [7, 11) is 0. The van der Waals surface area contributed by atoms with Crippen LogP contribution in [0.3, 0.4) is 0 Å². The lowest BCUT2D eigenvalue weighted by Gasteiger charge is -2.18. The van der Waals surface area contributed by atoms with E-state index in [0.29, 0.717) is 74.1 Å². The van der Waals surface area contributed by atoms with Gasteiger partial charge in [0, 0.05) is 61.2 Å². The molecule has 0 saturated carbocycles. The maximum absolute atomic E-state index is 12.9. The molecule has 0 saturated heterocycles. The molecule has 6 nitrogen and oxygen atoms in total. The van der Waals surface area contributed by atoms with E-state index in [2.05, 4.69) is 73.6 Å². The van der Waals surface area contributed by atoms with Crippen LogP contribution in [0.25, 0.3) is 0 Å². The molecule has 6 rings (SSSR count). The van der Waals surface area contributed by atoms with E-state index >= 15 is 0 Å². The van der Waals surface area contributed by atoms with E-state index in [1.165, 1.54) is 74.2 Å². The van der Waals surface area contributed by atoms with Crippen LogP contribution in [-0.4, -0.2) is 34.7 Å². The molecule has 0 fully saturated rings. The van der Waals surface area contributed by atoms with Crippen molar-refractivity contribution in [2.45, 2.75) is 160 Å². The third-order valence-electron chi connectivity index (χ3n) is 13.7. The number of hydrogen-bond acceptors (Lipinski definition) is 6. The van der Waals surface area contributed by atoms with Gasteiger partial charge in [0.2, 0.25) is 0 Å². The third-order valence-corrected chi connectivity index (χ3v) is 13.7. The van der Waals surface area contributed by atoms with Crippen molar-refractivity contribution in [2.75, 3.05) is 0 Å². The fourth-order valence-electron chi connectivity index (χ4n) is 9.09. The Labute approximate surface area is 414 Å². The highest BCUT2D eigenvalue weighted by Gasteiger charge is 2.30. The van der Waals surface area contributed by atoms with E-state index in [0.717, 1.165) is 37.0 Å². The number of fused-ring (bicyclic) bond motifs is 3. The molecular weight excluding hydrogens is 853 g/mol. The molecule has 0 bridgehead atoms. The van der Waals surface area contributed by atoms with E-state index in [1.54, 1.807) is 75.4 Å². The largest absolute Gasteiger partial charge is 0.289 e. The molecule has 6 heteroatoms. The van der Waals surface area contributed by atoms with Crippen molar-refractivity contribution in [3.05, 3.63) is 175 Å². The van der Waals surface area contributed by atoms with Gasteiger partial charge in [-0.25, -0.2) is 0 Å². The summed E-state index contributed by atoms with van der Waals surface area (Å²) in [5.41, 5.74) is 10.1. The second kappa shape index (κ2) is 27.3. The smallest absolute Gasteiger partial charge is 0.190 e. The molecule has 69 heavy (non-hydrogen) atoms.